The van der Waals surface area contributed by atoms with Crippen molar-refractivity contribution >= 4 is 76.1 Å². The molecule has 0 N–H and O–H groups in total. The van der Waals surface area contributed by atoms with Crippen molar-refractivity contribution in [2.75, 3.05) is 0 Å². The van der Waals surface area contributed by atoms with Crippen molar-refractivity contribution in [3.05, 3.63) is 182 Å². The molecule has 0 fully saturated rings. The zero-order valence-electron chi connectivity index (χ0n) is 44.8. The molecular formula is C51H30N4O. The SMILES string of the molecule is [2H]c1c([2H])c([2H])c(-c2nc(-c3c([2H])c([2H])c4c5c([2H])c([2H])c([2H])c([2H])c5c5c([2H])c([2H])c([2H])c([2H])c5c4c3[2H])nc(-n3c4ccccc4c4cccc(-c5cccc6oc7ccccc7c56)c43)n2)c([2H])c1[2H]. The van der Waals surface area contributed by atoms with E-state index in [-0.39, 0.29) is 38.3 Å². The van der Waals surface area contributed by atoms with Gasteiger partial charge in [-0.2, -0.15) is 9.97 Å². The molecule has 0 amide bonds. The Kier molecular flexibility index (Phi) is 4.07. The van der Waals surface area contributed by atoms with Gasteiger partial charge in [-0.1, -0.05) is 157 Å². The van der Waals surface area contributed by atoms with E-state index in [1.54, 1.807) is 10.6 Å². The van der Waals surface area contributed by atoms with Crippen LogP contribution in [0.2, 0.25) is 0 Å². The van der Waals surface area contributed by atoms with E-state index in [9.17, 15) is 5.48 Å². The summed E-state index contributed by atoms with van der Waals surface area (Å²) in [4.78, 5) is 14.5. The van der Waals surface area contributed by atoms with E-state index < -0.39 is 119 Å². The highest BCUT2D eigenvalue weighted by atomic mass is 16.3. The minimum absolute atomic E-state index is 0.200. The summed E-state index contributed by atoms with van der Waals surface area (Å²) in [6, 6.07) is 15.3. The maximum absolute atomic E-state index is 10.00. The summed E-state index contributed by atoms with van der Waals surface area (Å²) in [7, 11) is 0. The van der Waals surface area contributed by atoms with Crippen LogP contribution in [0.15, 0.2) is 186 Å². The Bertz CT molecular complexity index is 4420. The molecule has 5 heteroatoms. The molecule has 0 bridgehead atoms. The lowest BCUT2D eigenvalue weighted by atomic mass is 9.93. The molecule has 0 radical (unpaired) electrons. The molecule has 3 aromatic heterocycles. The van der Waals surface area contributed by atoms with E-state index >= 15 is 0 Å². The normalized spacial score (nSPS) is 15.9. The van der Waals surface area contributed by atoms with Gasteiger partial charge in [-0.25, -0.2) is 4.98 Å². The fraction of sp³-hybridized carbons (Fsp3) is 0. The van der Waals surface area contributed by atoms with Crippen LogP contribution in [0.25, 0.3) is 116 Å². The Morgan fingerprint density at radius 1 is 0.429 bits per heavy atom. The molecule has 0 unspecified atom stereocenters. The Morgan fingerprint density at radius 3 is 1.80 bits per heavy atom. The molecule has 3 heterocycles. The Labute approximate surface area is 343 Å². The van der Waals surface area contributed by atoms with Crippen LogP contribution in [0.4, 0.5) is 0 Å². The molecule has 0 saturated heterocycles. The topological polar surface area (TPSA) is 56.7 Å². The summed E-state index contributed by atoms with van der Waals surface area (Å²) >= 11 is 0. The first kappa shape index (κ1) is 19.1. The van der Waals surface area contributed by atoms with E-state index in [2.05, 4.69) is 4.98 Å². The van der Waals surface area contributed by atoms with Crippen LogP contribution in [0.5, 0.6) is 0 Å². The molecule has 12 rings (SSSR count). The van der Waals surface area contributed by atoms with Crippen LogP contribution in [0.3, 0.4) is 0 Å². The fourth-order valence-electron chi connectivity index (χ4n) is 7.76. The number of para-hydroxylation sites is 3. The average molecular weight is 731 g/mol. The first-order valence-electron chi connectivity index (χ1n) is 25.6. The third-order valence-electron chi connectivity index (χ3n) is 10.1. The zero-order chi connectivity index (χ0) is 50.7. The predicted octanol–water partition coefficient (Wildman–Crippen LogP) is 13.3. The van der Waals surface area contributed by atoms with Crippen LogP contribution < -0.4 is 0 Å². The second-order valence-corrected chi connectivity index (χ2v) is 13.1. The monoisotopic (exact) mass is 730 g/mol. The fourth-order valence-corrected chi connectivity index (χ4v) is 7.76. The van der Waals surface area contributed by atoms with Crippen LogP contribution in [-0.4, -0.2) is 19.5 Å². The second-order valence-electron chi connectivity index (χ2n) is 13.1. The molecule has 9 aromatic carbocycles. The predicted molar refractivity (Wildman–Crippen MR) is 230 cm³/mol. The smallest absolute Gasteiger partial charge is 0.238 e. The third kappa shape index (κ3) is 4.52. The highest BCUT2D eigenvalue weighted by Gasteiger charge is 2.22. The minimum Gasteiger partial charge on any atom is -0.456 e. The standard InChI is InChI=1S/C51H30N4O/c1-2-14-31(15-3-1)49-52-50(32-28-29-37-35-18-5-4-16-33(35)34-17-6-7-19-36(34)43(37)30-32)54-51(53-49)55-44-25-10-8-20-38(44)40-23-12-24-41(48(40)55)39-22-13-27-46-47(39)42-21-9-11-26-45(42)56-46/h1-30H/i1D,2D,3D,4D,5D,6D,7D,14D,15D,16D,17D,18D,19D,28D,29D,30D. The lowest BCUT2D eigenvalue weighted by Crippen LogP contribution is -2.07. The zero-order valence-corrected chi connectivity index (χ0v) is 28.8. The van der Waals surface area contributed by atoms with Crippen LogP contribution >= 0.6 is 0 Å². The summed E-state index contributed by atoms with van der Waals surface area (Å²) in [5.41, 5.74) is 2.90. The summed E-state index contributed by atoms with van der Waals surface area (Å²) in [6.45, 7) is 0. The van der Waals surface area contributed by atoms with Gasteiger partial charge in [0, 0.05) is 38.2 Å². The average Bonchev–Trinajstić information content (AvgIpc) is 3.94. The van der Waals surface area contributed by atoms with Gasteiger partial charge < -0.3 is 4.42 Å². The van der Waals surface area contributed by atoms with Crippen molar-refractivity contribution in [3.63, 3.8) is 0 Å². The number of hydrogen-bond acceptors (Lipinski definition) is 4. The molecule has 0 spiro atoms. The van der Waals surface area contributed by atoms with Gasteiger partial charge >= 0.3 is 0 Å². The Morgan fingerprint density at radius 2 is 1.02 bits per heavy atom. The van der Waals surface area contributed by atoms with Crippen molar-refractivity contribution in [2.24, 2.45) is 0 Å². The molecule has 0 aliphatic heterocycles. The Hall–Kier alpha value is -7.63. The van der Waals surface area contributed by atoms with E-state index in [1.807, 2.05) is 78.9 Å². The van der Waals surface area contributed by atoms with E-state index in [4.69, 9.17) is 30.8 Å². The van der Waals surface area contributed by atoms with Gasteiger partial charge in [0.1, 0.15) is 11.2 Å². The lowest BCUT2D eigenvalue weighted by molar-refractivity contribution is 0.669. The van der Waals surface area contributed by atoms with Crippen molar-refractivity contribution in [1.29, 1.82) is 0 Å². The van der Waals surface area contributed by atoms with Crippen molar-refractivity contribution < 1.29 is 26.3 Å². The van der Waals surface area contributed by atoms with E-state index in [0.29, 0.717) is 27.8 Å². The summed E-state index contributed by atoms with van der Waals surface area (Å²) in [6.07, 6.45) is 0. The number of fused-ring (bicyclic) bond motifs is 12. The minimum atomic E-state index is -0.733. The maximum Gasteiger partial charge on any atom is 0.238 e. The van der Waals surface area contributed by atoms with Crippen molar-refractivity contribution in [3.8, 4) is 39.9 Å². The van der Waals surface area contributed by atoms with Crippen molar-refractivity contribution in [1.82, 2.24) is 19.5 Å². The quantitative estimate of drug-likeness (QED) is 0.169. The summed E-state index contributed by atoms with van der Waals surface area (Å²) in [5.74, 6) is -1.17. The number of hydrogen-bond donors (Lipinski definition) is 0. The van der Waals surface area contributed by atoms with Crippen LogP contribution in [0.1, 0.15) is 21.9 Å². The maximum atomic E-state index is 10.00. The molecule has 56 heavy (non-hydrogen) atoms. The first-order valence-corrected chi connectivity index (χ1v) is 17.6. The lowest BCUT2D eigenvalue weighted by Gasteiger charge is -2.14. The highest BCUT2D eigenvalue weighted by molar-refractivity contribution is 6.26. The number of aromatic nitrogens is 4. The first-order chi connectivity index (χ1) is 34.4. The molecule has 0 saturated carbocycles. The second kappa shape index (κ2) is 11.9. The third-order valence-corrected chi connectivity index (χ3v) is 10.1. The van der Waals surface area contributed by atoms with Gasteiger partial charge in [0.25, 0.3) is 0 Å². The van der Waals surface area contributed by atoms with Gasteiger partial charge in [-0.15, -0.1) is 0 Å². The molecule has 5 nitrogen and oxygen atoms in total. The summed E-state index contributed by atoms with van der Waals surface area (Å²) < 4.78 is 152. The van der Waals surface area contributed by atoms with E-state index in [0.717, 1.165) is 27.1 Å². The highest BCUT2D eigenvalue weighted by Crippen LogP contribution is 2.43. The molecule has 0 aliphatic rings. The molecular weight excluding hydrogens is 685 g/mol. The van der Waals surface area contributed by atoms with Gasteiger partial charge in [0.2, 0.25) is 5.95 Å². The van der Waals surface area contributed by atoms with Crippen LogP contribution in [0, 0.1) is 0 Å². The van der Waals surface area contributed by atoms with Crippen LogP contribution in [-0.2, 0) is 0 Å². The van der Waals surface area contributed by atoms with Gasteiger partial charge in [0.05, 0.1) is 33.0 Å². The Balaban J connectivity index is 1.27. The van der Waals surface area contributed by atoms with Gasteiger partial charge in [-0.3, -0.25) is 4.57 Å². The van der Waals surface area contributed by atoms with E-state index in [1.165, 1.54) is 0 Å². The largest absolute Gasteiger partial charge is 0.456 e. The van der Waals surface area contributed by atoms with Gasteiger partial charge in [-0.05, 0) is 62.1 Å². The number of benzene rings is 9. The molecule has 0 aliphatic carbocycles. The summed E-state index contributed by atoms with van der Waals surface area (Å²) in [5, 5.41) is 1.03. The van der Waals surface area contributed by atoms with Gasteiger partial charge in [0.15, 0.2) is 11.6 Å². The molecule has 260 valence electrons. The molecule has 12 aromatic rings. The number of nitrogens with zero attached hydrogens (tertiary/aromatic N) is 4. The molecule has 0 atom stereocenters. The number of furan rings is 1. The number of rotatable bonds is 4. The van der Waals surface area contributed by atoms with Crippen molar-refractivity contribution in [2.45, 2.75) is 0 Å².